The third-order valence-electron chi connectivity index (χ3n) is 3.44. The van der Waals surface area contributed by atoms with Gasteiger partial charge < -0.3 is 5.32 Å². The number of unbranched alkanes of at least 4 members (excludes halogenated alkanes) is 2. The fraction of sp³-hybridized carbons (Fsp3) is 0.647. The van der Waals surface area contributed by atoms with E-state index in [1.807, 2.05) is 6.07 Å². The lowest BCUT2D eigenvalue weighted by molar-refractivity contribution is 0.406. The molecule has 0 aromatic heterocycles. The minimum atomic E-state index is 0.563. The maximum Gasteiger partial charge on any atom is 0.0408 e. The molecule has 0 aliphatic carbocycles. The van der Waals surface area contributed by atoms with Gasteiger partial charge in [-0.2, -0.15) is 0 Å². The van der Waals surface area contributed by atoms with Gasteiger partial charge >= 0.3 is 0 Å². The number of benzene rings is 1. The van der Waals surface area contributed by atoms with Gasteiger partial charge in [-0.3, -0.25) is 0 Å². The van der Waals surface area contributed by atoms with Gasteiger partial charge in [0.05, 0.1) is 0 Å². The monoisotopic (exact) mass is 281 g/mol. The average molecular weight is 282 g/mol. The second-order valence-corrected chi connectivity index (χ2v) is 6.20. The first-order chi connectivity index (χ1) is 9.11. The van der Waals surface area contributed by atoms with Crippen LogP contribution in [0, 0.1) is 5.92 Å². The molecular weight excluding hydrogens is 254 g/mol. The molecule has 0 aliphatic heterocycles. The summed E-state index contributed by atoms with van der Waals surface area (Å²) >= 11 is 6.07. The molecule has 1 nitrogen and oxygen atoms in total. The Morgan fingerprint density at radius 1 is 1.21 bits per heavy atom. The van der Waals surface area contributed by atoms with Crippen LogP contribution in [0.25, 0.3) is 0 Å². The lowest BCUT2D eigenvalue weighted by atomic mass is 9.93. The van der Waals surface area contributed by atoms with E-state index in [9.17, 15) is 0 Å². The molecule has 1 N–H and O–H groups in total. The van der Waals surface area contributed by atoms with Crippen molar-refractivity contribution in [3.8, 4) is 0 Å². The molecule has 108 valence electrons. The van der Waals surface area contributed by atoms with E-state index in [-0.39, 0.29) is 0 Å². The van der Waals surface area contributed by atoms with Crippen LogP contribution in [0.5, 0.6) is 0 Å². The van der Waals surface area contributed by atoms with Crippen LogP contribution >= 0.6 is 11.6 Å². The summed E-state index contributed by atoms with van der Waals surface area (Å²) in [5.41, 5.74) is 1.36. The van der Waals surface area contributed by atoms with Gasteiger partial charge in [0.25, 0.3) is 0 Å². The highest BCUT2D eigenvalue weighted by molar-refractivity contribution is 6.30. The van der Waals surface area contributed by atoms with Gasteiger partial charge in [-0.25, -0.2) is 0 Å². The fourth-order valence-corrected chi connectivity index (χ4v) is 2.57. The molecule has 0 spiro atoms. The molecule has 0 saturated heterocycles. The van der Waals surface area contributed by atoms with Gasteiger partial charge in [0.2, 0.25) is 0 Å². The number of hydrogen-bond donors (Lipinski definition) is 1. The number of hydrogen-bond acceptors (Lipinski definition) is 1. The second-order valence-electron chi connectivity index (χ2n) is 5.76. The summed E-state index contributed by atoms with van der Waals surface area (Å²) < 4.78 is 0. The van der Waals surface area contributed by atoms with Crippen molar-refractivity contribution in [2.75, 3.05) is 6.54 Å². The van der Waals surface area contributed by atoms with E-state index in [4.69, 9.17) is 11.6 Å². The van der Waals surface area contributed by atoms with Crippen LogP contribution in [0.3, 0.4) is 0 Å². The van der Waals surface area contributed by atoms with Crippen LogP contribution in [-0.4, -0.2) is 12.6 Å². The third kappa shape index (κ3) is 7.59. The average Bonchev–Trinajstić information content (AvgIpc) is 2.36. The van der Waals surface area contributed by atoms with Crippen molar-refractivity contribution in [1.29, 1.82) is 0 Å². The van der Waals surface area contributed by atoms with Crippen LogP contribution in [0.4, 0.5) is 0 Å². The molecule has 0 fully saturated rings. The highest BCUT2D eigenvalue weighted by atomic mass is 35.5. The molecule has 0 heterocycles. The molecule has 0 radical (unpaired) electrons. The summed E-state index contributed by atoms with van der Waals surface area (Å²) in [5, 5.41) is 4.42. The zero-order chi connectivity index (χ0) is 14.1. The summed E-state index contributed by atoms with van der Waals surface area (Å²) in [6, 6.07) is 8.85. The first-order valence-corrected chi connectivity index (χ1v) is 7.97. The molecule has 0 amide bonds. The van der Waals surface area contributed by atoms with E-state index in [2.05, 4.69) is 44.3 Å². The van der Waals surface area contributed by atoms with E-state index in [0.717, 1.165) is 18.0 Å². The highest BCUT2D eigenvalue weighted by Gasteiger charge is 2.10. The van der Waals surface area contributed by atoms with Crippen molar-refractivity contribution in [3.63, 3.8) is 0 Å². The zero-order valence-electron chi connectivity index (χ0n) is 12.6. The Morgan fingerprint density at radius 3 is 2.63 bits per heavy atom. The van der Waals surface area contributed by atoms with Crippen LogP contribution in [0.2, 0.25) is 5.02 Å². The van der Waals surface area contributed by atoms with Gasteiger partial charge in [-0.05, 0) is 43.0 Å². The number of halogens is 1. The third-order valence-corrected chi connectivity index (χ3v) is 3.68. The summed E-state index contributed by atoms with van der Waals surface area (Å²) in [6.45, 7) is 7.79. The fourth-order valence-electron chi connectivity index (χ4n) is 2.36. The van der Waals surface area contributed by atoms with Crippen LogP contribution in [0.15, 0.2) is 24.3 Å². The van der Waals surface area contributed by atoms with E-state index in [1.165, 1.54) is 31.2 Å². The van der Waals surface area contributed by atoms with Crippen LogP contribution < -0.4 is 5.32 Å². The van der Waals surface area contributed by atoms with Crippen molar-refractivity contribution in [2.45, 2.75) is 58.9 Å². The summed E-state index contributed by atoms with van der Waals surface area (Å²) in [6.07, 6.45) is 6.40. The van der Waals surface area contributed by atoms with Crippen molar-refractivity contribution in [3.05, 3.63) is 34.9 Å². The Morgan fingerprint density at radius 2 is 2.00 bits per heavy atom. The standard InChI is InChI=1S/C17H28ClN/c1-4-5-6-8-16(13-19-14(2)3)11-15-9-7-10-17(18)12-15/h7,9-10,12,14,16,19H,4-6,8,11,13H2,1-3H3. The molecule has 1 rings (SSSR count). The first kappa shape index (κ1) is 16.5. The highest BCUT2D eigenvalue weighted by Crippen LogP contribution is 2.18. The molecule has 0 saturated carbocycles. The van der Waals surface area contributed by atoms with E-state index in [1.54, 1.807) is 0 Å². The van der Waals surface area contributed by atoms with Gasteiger partial charge in [-0.15, -0.1) is 0 Å². The van der Waals surface area contributed by atoms with Crippen LogP contribution in [-0.2, 0) is 6.42 Å². The Labute approximate surface area is 123 Å². The maximum absolute atomic E-state index is 6.07. The number of nitrogens with one attached hydrogen (secondary N) is 1. The van der Waals surface area contributed by atoms with Gasteiger partial charge in [0.15, 0.2) is 0 Å². The lowest BCUT2D eigenvalue weighted by Gasteiger charge is -2.19. The Bertz CT molecular complexity index is 349. The minimum Gasteiger partial charge on any atom is -0.314 e. The lowest BCUT2D eigenvalue weighted by Crippen LogP contribution is -2.30. The van der Waals surface area contributed by atoms with Crippen molar-refractivity contribution in [1.82, 2.24) is 5.32 Å². The van der Waals surface area contributed by atoms with Crippen molar-refractivity contribution >= 4 is 11.6 Å². The summed E-state index contributed by atoms with van der Waals surface area (Å²) in [5.74, 6) is 0.715. The summed E-state index contributed by atoms with van der Waals surface area (Å²) in [7, 11) is 0. The minimum absolute atomic E-state index is 0.563. The van der Waals surface area contributed by atoms with Crippen molar-refractivity contribution in [2.24, 2.45) is 5.92 Å². The molecule has 1 unspecified atom stereocenters. The second kappa shape index (κ2) is 9.39. The van der Waals surface area contributed by atoms with E-state index < -0.39 is 0 Å². The molecule has 1 atom stereocenters. The van der Waals surface area contributed by atoms with Gasteiger partial charge in [0.1, 0.15) is 0 Å². The normalized spacial score (nSPS) is 12.9. The molecule has 1 aromatic rings. The van der Waals surface area contributed by atoms with Crippen LogP contribution in [0.1, 0.15) is 52.0 Å². The van der Waals surface area contributed by atoms with Gasteiger partial charge in [0, 0.05) is 11.1 Å². The zero-order valence-corrected chi connectivity index (χ0v) is 13.3. The number of rotatable bonds is 9. The predicted molar refractivity (Wildman–Crippen MR) is 85.9 cm³/mol. The Hall–Kier alpha value is -0.530. The molecular formula is C17H28ClN. The summed E-state index contributed by atoms with van der Waals surface area (Å²) in [4.78, 5) is 0. The molecule has 0 aliphatic rings. The predicted octanol–water partition coefficient (Wildman–Crippen LogP) is 5.08. The molecule has 19 heavy (non-hydrogen) atoms. The van der Waals surface area contributed by atoms with Gasteiger partial charge in [-0.1, -0.05) is 63.8 Å². The smallest absolute Gasteiger partial charge is 0.0408 e. The quantitative estimate of drug-likeness (QED) is 0.623. The maximum atomic E-state index is 6.07. The Kier molecular flexibility index (Phi) is 8.16. The molecule has 0 bridgehead atoms. The molecule has 1 aromatic carbocycles. The van der Waals surface area contributed by atoms with E-state index >= 15 is 0 Å². The Balaban J connectivity index is 2.51. The topological polar surface area (TPSA) is 12.0 Å². The SMILES string of the molecule is CCCCCC(CNC(C)C)Cc1cccc(Cl)c1. The van der Waals surface area contributed by atoms with E-state index in [0.29, 0.717) is 12.0 Å². The first-order valence-electron chi connectivity index (χ1n) is 7.59. The van der Waals surface area contributed by atoms with Crippen molar-refractivity contribution < 1.29 is 0 Å². The largest absolute Gasteiger partial charge is 0.314 e. The molecule has 2 heteroatoms.